The number of hydrogen-bond donors (Lipinski definition) is 1. The number of piperazine rings is 1. The van der Waals surface area contributed by atoms with E-state index >= 15 is 0 Å². The lowest BCUT2D eigenvalue weighted by molar-refractivity contribution is -0.153. The van der Waals surface area contributed by atoms with E-state index in [9.17, 15) is 9.59 Å². The summed E-state index contributed by atoms with van der Waals surface area (Å²) in [5.41, 5.74) is 1.22. The molecule has 21 heavy (non-hydrogen) atoms. The maximum absolute atomic E-state index is 12.7. The molecule has 0 aromatic carbocycles. The van der Waals surface area contributed by atoms with Crippen LogP contribution in [0.1, 0.15) is 39.7 Å². The van der Waals surface area contributed by atoms with Crippen molar-refractivity contribution in [3.05, 3.63) is 22.4 Å². The zero-order chi connectivity index (χ0) is 15.6. The van der Waals surface area contributed by atoms with E-state index in [4.69, 9.17) is 0 Å². The van der Waals surface area contributed by atoms with E-state index in [1.165, 1.54) is 5.56 Å². The van der Waals surface area contributed by atoms with Crippen LogP contribution in [0.25, 0.3) is 0 Å². The van der Waals surface area contributed by atoms with Crippen LogP contribution in [0, 0.1) is 5.92 Å². The molecule has 1 N–H and O–H groups in total. The first kappa shape index (κ1) is 16.0. The number of nitrogens with zero attached hydrogens (tertiary/aromatic N) is 1. The number of hydrogen-bond acceptors (Lipinski definition) is 3. The summed E-state index contributed by atoms with van der Waals surface area (Å²) < 4.78 is 0. The third-order valence-corrected chi connectivity index (χ3v) is 4.80. The van der Waals surface area contributed by atoms with Crippen LogP contribution in [-0.4, -0.2) is 34.8 Å². The summed E-state index contributed by atoms with van der Waals surface area (Å²) in [6.45, 7) is 7.96. The van der Waals surface area contributed by atoms with Gasteiger partial charge in [0.05, 0.1) is 0 Å². The molecular weight excluding hydrogens is 284 g/mol. The quantitative estimate of drug-likeness (QED) is 0.908. The molecule has 0 bridgehead atoms. The summed E-state index contributed by atoms with van der Waals surface area (Å²) in [5, 5.41) is 7.01. The van der Waals surface area contributed by atoms with Crippen molar-refractivity contribution in [3.63, 3.8) is 0 Å². The molecule has 1 aliphatic heterocycles. The number of nitrogens with one attached hydrogen (secondary N) is 1. The first-order chi connectivity index (χ1) is 9.95. The van der Waals surface area contributed by atoms with Gasteiger partial charge in [0.25, 0.3) is 0 Å². The molecule has 3 atom stereocenters. The van der Waals surface area contributed by atoms with Gasteiger partial charge in [-0.25, -0.2) is 0 Å². The van der Waals surface area contributed by atoms with Crippen LogP contribution in [0.5, 0.6) is 0 Å². The van der Waals surface area contributed by atoms with Gasteiger partial charge < -0.3 is 10.2 Å². The third kappa shape index (κ3) is 3.28. The zero-order valence-electron chi connectivity index (χ0n) is 13.1. The summed E-state index contributed by atoms with van der Waals surface area (Å²) in [4.78, 5) is 26.9. The molecule has 0 saturated carbocycles. The fourth-order valence-electron chi connectivity index (χ4n) is 3.00. The number of rotatable bonds is 5. The molecule has 1 aromatic rings. The fraction of sp³-hybridized carbons (Fsp3) is 0.625. The highest BCUT2D eigenvalue weighted by Crippen LogP contribution is 2.23. The molecule has 1 aliphatic rings. The minimum atomic E-state index is -0.377. The number of carbonyl (C=O) groups is 2. The van der Waals surface area contributed by atoms with Gasteiger partial charge in [0, 0.05) is 6.04 Å². The minimum Gasteiger partial charge on any atom is -0.343 e. The van der Waals surface area contributed by atoms with Crippen LogP contribution in [-0.2, 0) is 16.0 Å². The third-order valence-electron chi connectivity index (χ3n) is 4.06. The first-order valence-electron chi connectivity index (χ1n) is 7.59. The Morgan fingerprint density at radius 3 is 2.57 bits per heavy atom. The van der Waals surface area contributed by atoms with Crippen molar-refractivity contribution >= 4 is 23.2 Å². The van der Waals surface area contributed by atoms with Gasteiger partial charge in [0.2, 0.25) is 11.8 Å². The summed E-state index contributed by atoms with van der Waals surface area (Å²) in [6.07, 6.45) is 1.43. The van der Waals surface area contributed by atoms with E-state index in [0.717, 1.165) is 6.42 Å². The SMILES string of the molecule is CCC1NC(=O)C(C(C)C)N(C(C)Cc2ccsc2)C1=O. The van der Waals surface area contributed by atoms with E-state index in [0.29, 0.717) is 6.42 Å². The maximum atomic E-state index is 12.7. The molecule has 4 nitrogen and oxygen atoms in total. The predicted octanol–water partition coefficient (Wildman–Crippen LogP) is 2.44. The molecule has 0 aliphatic carbocycles. The average Bonchev–Trinajstić information content (AvgIpc) is 2.92. The summed E-state index contributed by atoms with van der Waals surface area (Å²) in [5.74, 6) is 0.142. The molecule has 1 saturated heterocycles. The van der Waals surface area contributed by atoms with Crippen LogP contribution in [0.15, 0.2) is 16.8 Å². The van der Waals surface area contributed by atoms with Gasteiger partial charge in [-0.05, 0) is 48.1 Å². The molecule has 1 aromatic heterocycles. The van der Waals surface area contributed by atoms with Crippen molar-refractivity contribution in [1.29, 1.82) is 0 Å². The van der Waals surface area contributed by atoms with Crippen LogP contribution in [0.4, 0.5) is 0 Å². The van der Waals surface area contributed by atoms with Gasteiger partial charge in [-0.15, -0.1) is 0 Å². The largest absolute Gasteiger partial charge is 0.343 e. The highest BCUT2D eigenvalue weighted by molar-refractivity contribution is 7.07. The molecule has 3 unspecified atom stereocenters. The number of thiophene rings is 1. The van der Waals surface area contributed by atoms with Crippen molar-refractivity contribution in [2.75, 3.05) is 0 Å². The zero-order valence-corrected chi connectivity index (χ0v) is 13.9. The monoisotopic (exact) mass is 308 g/mol. The molecule has 2 heterocycles. The number of amides is 2. The lowest BCUT2D eigenvalue weighted by Gasteiger charge is -2.44. The standard InChI is InChI=1S/C16H24N2O2S/c1-5-13-16(20)18(14(10(2)3)15(19)17-13)11(4)8-12-6-7-21-9-12/h6-7,9-11,13-14H,5,8H2,1-4H3,(H,17,19). The van der Waals surface area contributed by atoms with Crippen LogP contribution < -0.4 is 5.32 Å². The van der Waals surface area contributed by atoms with Crippen LogP contribution in [0.2, 0.25) is 0 Å². The second-order valence-corrected chi connectivity index (χ2v) is 6.87. The Kier molecular flexibility index (Phi) is 5.04. The Bertz CT molecular complexity index is 498. The Morgan fingerprint density at radius 2 is 2.05 bits per heavy atom. The predicted molar refractivity (Wildman–Crippen MR) is 85.2 cm³/mol. The Hall–Kier alpha value is -1.36. The van der Waals surface area contributed by atoms with Crippen molar-refractivity contribution in [1.82, 2.24) is 10.2 Å². The van der Waals surface area contributed by atoms with Gasteiger partial charge in [0.1, 0.15) is 12.1 Å². The first-order valence-corrected chi connectivity index (χ1v) is 8.53. The Balaban J connectivity index is 2.24. The highest BCUT2D eigenvalue weighted by Gasteiger charge is 2.43. The smallest absolute Gasteiger partial charge is 0.246 e. The lowest BCUT2D eigenvalue weighted by Crippen LogP contribution is -2.66. The van der Waals surface area contributed by atoms with Crippen LogP contribution >= 0.6 is 11.3 Å². The van der Waals surface area contributed by atoms with E-state index in [2.05, 4.69) is 16.8 Å². The molecule has 116 valence electrons. The van der Waals surface area contributed by atoms with Gasteiger partial charge in [-0.3, -0.25) is 9.59 Å². The highest BCUT2D eigenvalue weighted by atomic mass is 32.1. The Morgan fingerprint density at radius 1 is 1.33 bits per heavy atom. The van der Waals surface area contributed by atoms with Crippen LogP contribution in [0.3, 0.4) is 0 Å². The normalized spacial score (nSPS) is 24.3. The summed E-state index contributed by atoms with van der Waals surface area (Å²) in [7, 11) is 0. The Labute approximate surface area is 130 Å². The van der Waals surface area contributed by atoms with E-state index in [-0.39, 0.29) is 35.9 Å². The second kappa shape index (κ2) is 6.60. The van der Waals surface area contributed by atoms with Gasteiger partial charge in [0.15, 0.2) is 0 Å². The number of carbonyl (C=O) groups excluding carboxylic acids is 2. The van der Waals surface area contributed by atoms with E-state index < -0.39 is 0 Å². The molecule has 2 amide bonds. The van der Waals surface area contributed by atoms with Crippen molar-refractivity contribution in [3.8, 4) is 0 Å². The molecule has 5 heteroatoms. The topological polar surface area (TPSA) is 49.4 Å². The molecular formula is C16H24N2O2S. The second-order valence-electron chi connectivity index (χ2n) is 6.09. The van der Waals surface area contributed by atoms with E-state index in [1.807, 2.05) is 38.0 Å². The molecule has 2 rings (SSSR count). The summed E-state index contributed by atoms with van der Waals surface area (Å²) in [6, 6.07) is 1.36. The maximum Gasteiger partial charge on any atom is 0.246 e. The molecule has 0 radical (unpaired) electrons. The summed E-state index contributed by atoms with van der Waals surface area (Å²) >= 11 is 1.66. The molecule has 0 spiro atoms. The van der Waals surface area contributed by atoms with E-state index in [1.54, 1.807) is 11.3 Å². The lowest BCUT2D eigenvalue weighted by atomic mass is 9.93. The van der Waals surface area contributed by atoms with Crippen molar-refractivity contribution < 1.29 is 9.59 Å². The minimum absolute atomic E-state index is 0.0198. The van der Waals surface area contributed by atoms with Gasteiger partial charge in [-0.2, -0.15) is 11.3 Å². The van der Waals surface area contributed by atoms with Crippen molar-refractivity contribution in [2.45, 2.75) is 58.7 Å². The molecule has 1 fully saturated rings. The fourth-order valence-corrected chi connectivity index (χ4v) is 3.68. The van der Waals surface area contributed by atoms with Crippen molar-refractivity contribution in [2.24, 2.45) is 5.92 Å². The average molecular weight is 308 g/mol. The van der Waals surface area contributed by atoms with Gasteiger partial charge in [-0.1, -0.05) is 20.8 Å². The van der Waals surface area contributed by atoms with Gasteiger partial charge >= 0.3 is 0 Å².